The van der Waals surface area contributed by atoms with Crippen LogP contribution in [0.5, 0.6) is 0 Å². The first kappa shape index (κ1) is 9.46. The maximum absolute atomic E-state index is 12.9. The minimum Gasteiger partial charge on any atom is -0.309 e. The maximum atomic E-state index is 12.9. The fraction of sp³-hybridized carbons (Fsp3) is 0.600. The van der Waals surface area contributed by atoms with Gasteiger partial charge in [-0.3, -0.25) is 0 Å². The molecule has 0 saturated heterocycles. The van der Waals surface area contributed by atoms with Crippen molar-refractivity contribution in [3.63, 3.8) is 0 Å². The molecule has 0 aromatic heterocycles. The molecule has 0 amide bonds. The number of allylic oxidation sites excluding steroid dienone is 1. The zero-order chi connectivity index (χ0) is 8.97. The van der Waals surface area contributed by atoms with Gasteiger partial charge in [-0.1, -0.05) is 13.8 Å². The van der Waals surface area contributed by atoms with Crippen LogP contribution in [0.4, 0.5) is 4.39 Å². The first-order valence-corrected chi connectivity index (χ1v) is 4.65. The molecule has 0 unspecified atom stereocenters. The smallest absolute Gasteiger partial charge is 0.123 e. The Hall–Kier alpha value is -0.630. The van der Waals surface area contributed by atoms with Gasteiger partial charge in [0.25, 0.3) is 0 Å². The molecule has 2 heteroatoms. The van der Waals surface area contributed by atoms with E-state index in [1.165, 1.54) is 5.57 Å². The zero-order valence-electron chi connectivity index (χ0n) is 7.78. The van der Waals surface area contributed by atoms with Crippen molar-refractivity contribution in [2.45, 2.75) is 26.7 Å². The van der Waals surface area contributed by atoms with Gasteiger partial charge in [0.15, 0.2) is 0 Å². The Morgan fingerprint density at radius 1 is 1.33 bits per heavy atom. The molecular weight excluding hydrogens is 153 g/mol. The Labute approximate surface area is 73.4 Å². The van der Waals surface area contributed by atoms with Crippen molar-refractivity contribution < 1.29 is 4.39 Å². The third kappa shape index (κ3) is 1.75. The van der Waals surface area contributed by atoms with Crippen LogP contribution in [0.2, 0.25) is 0 Å². The van der Waals surface area contributed by atoms with Crippen molar-refractivity contribution in [1.29, 1.82) is 0 Å². The Morgan fingerprint density at radius 2 is 2.08 bits per heavy atom. The lowest BCUT2D eigenvalue weighted by atomic mass is 10.00. The second kappa shape index (κ2) is 4.41. The Balaban J connectivity index is 0.000000336. The van der Waals surface area contributed by atoms with E-state index in [1.54, 1.807) is 6.08 Å². The van der Waals surface area contributed by atoms with Crippen LogP contribution < -0.4 is 5.32 Å². The van der Waals surface area contributed by atoms with E-state index in [9.17, 15) is 4.39 Å². The molecule has 1 nitrogen and oxygen atoms in total. The molecule has 0 saturated carbocycles. The van der Waals surface area contributed by atoms with Gasteiger partial charge < -0.3 is 5.32 Å². The summed E-state index contributed by atoms with van der Waals surface area (Å²) < 4.78 is 12.9. The molecule has 1 heterocycles. The van der Waals surface area contributed by atoms with Crippen molar-refractivity contribution in [2.75, 3.05) is 13.1 Å². The second-order valence-corrected chi connectivity index (χ2v) is 2.78. The topological polar surface area (TPSA) is 12.0 Å². The maximum Gasteiger partial charge on any atom is 0.123 e. The first-order valence-electron chi connectivity index (χ1n) is 4.65. The van der Waals surface area contributed by atoms with Crippen LogP contribution in [-0.2, 0) is 0 Å². The molecule has 0 bridgehead atoms. The molecule has 12 heavy (non-hydrogen) atoms. The third-order valence-electron chi connectivity index (χ3n) is 2.12. The average Bonchev–Trinajstić information content (AvgIpc) is 2.57. The number of nitrogens with one attached hydrogen (secondary N) is 1. The highest BCUT2D eigenvalue weighted by Gasteiger charge is 2.19. The Morgan fingerprint density at radius 3 is 2.75 bits per heavy atom. The zero-order valence-corrected chi connectivity index (χ0v) is 7.78. The van der Waals surface area contributed by atoms with Gasteiger partial charge in [0.2, 0.25) is 0 Å². The van der Waals surface area contributed by atoms with Crippen LogP contribution in [0.15, 0.2) is 23.0 Å². The van der Waals surface area contributed by atoms with Gasteiger partial charge in [0.05, 0.1) is 0 Å². The predicted octanol–water partition coefficient (Wildman–Crippen LogP) is 2.56. The summed E-state index contributed by atoms with van der Waals surface area (Å²) in [6.45, 7) is 5.63. The van der Waals surface area contributed by atoms with Crippen LogP contribution >= 0.6 is 0 Å². The van der Waals surface area contributed by atoms with E-state index in [0.717, 1.165) is 31.5 Å². The highest BCUT2D eigenvalue weighted by atomic mass is 19.1. The average molecular weight is 169 g/mol. The van der Waals surface area contributed by atoms with Crippen molar-refractivity contribution in [3.8, 4) is 0 Å². The predicted molar refractivity (Wildman–Crippen MR) is 49.7 cm³/mol. The number of rotatable bonds is 0. The summed E-state index contributed by atoms with van der Waals surface area (Å²) in [5, 5.41) is 3.14. The highest BCUT2D eigenvalue weighted by Crippen LogP contribution is 2.27. The van der Waals surface area contributed by atoms with E-state index < -0.39 is 0 Å². The standard InChI is InChI=1S/C8H10FN.C2H6/c9-8-3-1-2-6-4-10-5-7(6)8;1-2/h3,10H,1-2,4-5H2;1-2H3. The van der Waals surface area contributed by atoms with Gasteiger partial charge in [0, 0.05) is 18.7 Å². The lowest BCUT2D eigenvalue weighted by Gasteiger charge is -2.08. The van der Waals surface area contributed by atoms with Gasteiger partial charge in [0.1, 0.15) is 5.83 Å². The minimum atomic E-state index is 0.00579. The molecule has 0 atom stereocenters. The van der Waals surface area contributed by atoms with Crippen molar-refractivity contribution in [1.82, 2.24) is 5.32 Å². The first-order chi connectivity index (χ1) is 5.88. The molecule has 68 valence electrons. The largest absolute Gasteiger partial charge is 0.309 e. The SMILES string of the molecule is CC.FC1=CCCC2=C1CNC2. The van der Waals surface area contributed by atoms with E-state index in [1.807, 2.05) is 13.8 Å². The van der Waals surface area contributed by atoms with E-state index in [-0.39, 0.29) is 5.83 Å². The summed E-state index contributed by atoms with van der Waals surface area (Å²) in [5.41, 5.74) is 2.20. The quantitative estimate of drug-likeness (QED) is 0.587. The Bertz CT molecular complexity index is 216. The van der Waals surface area contributed by atoms with Crippen molar-refractivity contribution in [3.05, 3.63) is 23.0 Å². The fourth-order valence-electron chi connectivity index (χ4n) is 1.56. The van der Waals surface area contributed by atoms with Crippen LogP contribution in [0.25, 0.3) is 0 Å². The third-order valence-corrected chi connectivity index (χ3v) is 2.12. The van der Waals surface area contributed by atoms with E-state index in [2.05, 4.69) is 5.32 Å². The summed E-state index contributed by atoms with van der Waals surface area (Å²) in [7, 11) is 0. The van der Waals surface area contributed by atoms with Gasteiger partial charge in [-0.15, -0.1) is 0 Å². The molecule has 0 aromatic rings. The molecule has 0 spiro atoms. The lowest BCUT2D eigenvalue weighted by molar-refractivity contribution is 0.629. The molecule has 1 N–H and O–H groups in total. The molecule has 1 aliphatic carbocycles. The van der Waals surface area contributed by atoms with Crippen molar-refractivity contribution in [2.24, 2.45) is 0 Å². The molecule has 0 radical (unpaired) electrons. The lowest BCUT2D eigenvalue weighted by Crippen LogP contribution is -2.08. The van der Waals surface area contributed by atoms with Crippen LogP contribution in [0, 0.1) is 0 Å². The number of hydrogen-bond donors (Lipinski definition) is 1. The number of halogens is 1. The fourth-order valence-corrected chi connectivity index (χ4v) is 1.56. The minimum absolute atomic E-state index is 0.00579. The molecule has 2 rings (SSSR count). The Kier molecular flexibility index (Phi) is 3.48. The molecule has 0 aromatic carbocycles. The van der Waals surface area contributed by atoms with Crippen molar-refractivity contribution >= 4 is 0 Å². The number of hydrogen-bond acceptors (Lipinski definition) is 1. The summed E-state index contributed by atoms with van der Waals surface area (Å²) >= 11 is 0. The van der Waals surface area contributed by atoms with E-state index in [4.69, 9.17) is 0 Å². The summed E-state index contributed by atoms with van der Waals surface area (Å²) in [6, 6.07) is 0. The molecule has 2 aliphatic rings. The molecule has 1 aliphatic heterocycles. The molecular formula is C10H16FN. The van der Waals surface area contributed by atoms with E-state index in [0.29, 0.717) is 0 Å². The summed E-state index contributed by atoms with van der Waals surface area (Å²) in [4.78, 5) is 0. The highest BCUT2D eigenvalue weighted by molar-refractivity contribution is 5.39. The summed E-state index contributed by atoms with van der Waals surface area (Å²) in [6.07, 6.45) is 3.62. The van der Waals surface area contributed by atoms with Gasteiger partial charge in [-0.25, -0.2) is 4.39 Å². The normalized spacial score (nSPS) is 21.1. The van der Waals surface area contributed by atoms with E-state index >= 15 is 0 Å². The van der Waals surface area contributed by atoms with Crippen LogP contribution in [-0.4, -0.2) is 13.1 Å². The monoisotopic (exact) mass is 169 g/mol. The molecule has 0 fully saturated rings. The van der Waals surface area contributed by atoms with Gasteiger partial charge in [-0.2, -0.15) is 0 Å². The van der Waals surface area contributed by atoms with Gasteiger partial charge in [-0.05, 0) is 24.5 Å². The van der Waals surface area contributed by atoms with Crippen LogP contribution in [0.3, 0.4) is 0 Å². The summed E-state index contributed by atoms with van der Waals surface area (Å²) in [5.74, 6) is 0.00579. The van der Waals surface area contributed by atoms with Crippen LogP contribution in [0.1, 0.15) is 26.7 Å². The second-order valence-electron chi connectivity index (χ2n) is 2.78. The van der Waals surface area contributed by atoms with Gasteiger partial charge >= 0.3 is 0 Å².